The number of anilines is 1. The Morgan fingerprint density at radius 3 is 2.65 bits per heavy atom. The van der Waals surface area contributed by atoms with E-state index in [1.165, 1.54) is 30.5 Å². The molecule has 1 atom stereocenters. The fraction of sp³-hybridized carbons (Fsp3) is 0.647. The Morgan fingerprint density at radius 1 is 1.35 bits per heavy atom. The van der Waals surface area contributed by atoms with Gasteiger partial charge in [-0.05, 0) is 43.4 Å². The molecule has 0 saturated heterocycles. The molecular weight excluding hydrogens is 268 g/mol. The third-order valence-electron chi connectivity index (χ3n) is 4.17. The van der Waals surface area contributed by atoms with Crippen LogP contribution in [0.15, 0.2) is 18.2 Å². The van der Waals surface area contributed by atoms with Crippen LogP contribution in [0.5, 0.6) is 0 Å². The van der Waals surface area contributed by atoms with Crippen molar-refractivity contribution >= 4 is 17.3 Å². The van der Waals surface area contributed by atoms with E-state index in [0.29, 0.717) is 5.92 Å². The average molecular weight is 295 g/mol. The number of halogens is 1. The van der Waals surface area contributed by atoms with Gasteiger partial charge in [-0.15, -0.1) is 0 Å². The summed E-state index contributed by atoms with van der Waals surface area (Å²) in [4.78, 5) is 2.41. The van der Waals surface area contributed by atoms with Crippen molar-refractivity contribution in [3.8, 4) is 0 Å². The number of benzene rings is 1. The number of nitrogens with one attached hydrogen (secondary N) is 1. The van der Waals surface area contributed by atoms with Crippen LogP contribution in [-0.4, -0.2) is 19.1 Å². The van der Waals surface area contributed by atoms with Crippen molar-refractivity contribution in [1.29, 1.82) is 0 Å². The Bertz CT molecular complexity index is 429. The monoisotopic (exact) mass is 294 g/mol. The molecule has 1 aliphatic carbocycles. The molecule has 1 saturated carbocycles. The van der Waals surface area contributed by atoms with Gasteiger partial charge in [0.1, 0.15) is 0 Å². The van der Waals surface area contributed by atoms with Crippen LogP contribution in [0.2, 0.25) is 5.02 Å². The molecule has 2 rings (SSSR count). The third-order valence-corrected chi connectivity index (χ3v) is 4.52. The highest BCUT2D eigenvalue weighted by Gasteiger charge is 2.20. The van der Waals surface area contributed by atoms with Gasteiger partial charge in [-0.2, -0.15) is 0 Å². The van der Waals surface area contributed by atoms with Crippen LogP contribution in [-0.2, 0) is 6.54 Å². The lowest BCUT2D eigenvalue weighted by Crippen LogP contribution is -2.28. The summed E-state index contributed by atoms with van der Waals surface area (Å²) in [5.74, 6) is 0.713. The summed E-state index contributed by atoms with van der Waals surface area (Å²) < 4.78 is 0. The second kappa shape index (κ2) is 7.33. The molecule has 0 spiro atoms. The van der Waals surface area contributed by atoms with E-state index in [1.54, 1.807) is 0 Å². The summed E-state index contributed by atoms with van der Waals surface area (Å²) >= 11 is 6.44. The minimum atomic E-state index is 0.713. The molecule has 1 aliphatic rings. The predicted molar refractivity (Wildman–Crippen MR) is 88.7 cm³/mol. The Balaban J connectivity index is 2.01. The predicted octanol–water partition coefficient (Wildman–Crippen LogP) is 4.46. The van der Waals surface area contributed by atoms with Crippen LogP contribution in [0.1, 0.15) is 45.6 Å². The Labute approximate surface area is 128 Å². The summed E-state index contributed by atoms with van der Waals surface area (Å²) in [7, 11) is 0. The molecule has 0 aromatic heterocycles. The lowest BCUT2D eigenvalue weighted by atomic mass is 10.1. The van der Waals surface area contributed by atoms with Crippen molar-refractivity contribution in [3.63, 3.8) is 0 Å². The molecular formula is C17H27ClN2. The van der Waals surface area contributed by atoms with Gasteiger partial charge in [0.2, 0.25) is 0 Å². The largest absolute Gasteiger partial charge is 0.372 e. The van der Waals surface area contributed by atoms with Gasteiger partial charge in [0.25, 0.3) is 0 Å². The molecule has 112 valence electrons. The van der Waals surface area contributed by atoms with Crippen molar-refractivity contribution in [1.82, 2.24) is 5.32 Å². The maximum atomic E-state index is 6.44. The highest BCUT2D eigenvalue weighted by atomic mass is 35.5. The van der Waals surface area contributed by atoms with Crippen molar-refractivity contribution in [2.24, 2.45) is 5.92 Å². The lowest BCUT2D eigenvalue weighted by Gasteiger charge is -2.26. The van der Waals surface area contributed by atoms with E-state index in [9.17, 15) is 0 Å². The molecule has 0 heterocycles. The fourth-order valence-corrected chi connectivity index (χ4v) is 2.58. The van der Waals surface area contributed by atoms with Crippen molar-refractivity contribution in [3.05, 3.63) is 28.8 Å². The van der Waals surface area contributed by atoms with Gasteiger partial charge in [0.05, 0.1) is 0 Å². The smallest absolute Gasteiger partial charge is 0.0471 e. The number of hydrogen-bond donors (Lipinski definition) is 1. The van der Waals surface area contributed by atoms with E-state index in [2.05, 4.69) is 49.2 Å². The van der Waals surface area contributed by atoms with Gasteiger partial charge >= 0.3 is 0 Å². The first-order chi connectivity index (χ1) is 9.63. The standard InChI is InChI=1S/C17H27ClN2/c1-4-13(3)12-20(5-2)16-9-6-14(17(18)10-16)11-19-15-7-8-15/h6,9-10,13,15,19H,4-5,7-8,11-12H2,1-3H3. The quantitative estimate of drug-likeness (QED) is 0.761. The third kappa shape index (κ3) is 4.39. The van der Waals surface area contributed by atoms with Crippen LogP contribution < -0.4 is 10.2 Å². The zero-order chi connectivity index (χ0) is 14.5. The zero-order valence-corrected chi connectivity index (χ0v) is 13.7. The summed E-state index contributed by atoms with van der Waals surface area (Å²) in [5, 5.41) is 4.41. The van der Waals surface area contributed by atoms with Gasteiger partial charge in [-0.3, -0.25) is 0 Å². The van der Waals surface area contributed by atoms with Gasteiger partial charge in [-0.1, -0.05) is 37.9 Å². The number of nitrogens with zero attached hydrogens (tertiary/aromatic N) is 1. The summed E-state index contributed by atoms with van der Waals surface area (Å²) in [6.07, 6.45) is 3.84. The van der Waals surface area contributed by atoms with Gasteiger partial charge in [-0.25, -0.2) is 0 Å². The van der Waals surface area contributed by atoms with E-state index in [-0.39, 0.29) is 0 Å². The Hall–Kier alpha value is -0.730. The maximum Gasteiger partial charge on any atom is 0.0471 e. The molecule has 3 heteroatoms. The lowest BCUT2D eigenvalue weighted by molar-refractivity contribution is 0.548. The highest BCUT2D eigenvalue weighted by molar-refractivity contribution is 6.31. The summed E-state index contributed by atoms with van der Waals surface area (Å²) in [6.45, 7) is 9.78. The van der Waals surface area contributed by atoms with Crippen molar-refractivity contribution < 1.29 is 0 Å². The fourth-order valence-electron chi connectivity index (χ4n) is 2.34. The molecule has 1 fully saturated rings. The highest BCUT2D eigenvalue weighted by Crippen LogP contribution is 2.26. The first kappa shape index (κ1) is 15.7. The molecule has 0 bridgehead atoms. The van der Waals surface area contributed by atoms with Crippen molar-refractivity contribution in [2.45, 2.75) is 52.6 Å². The maximum absolute atomic E-state index is 6.44. The van der Waals surface area contributed by atoms with Gasteiger partial charge < -0.3 is 10.2 Å². The van der Waals surface area contributed by atoms with E-state index in [4.69, 9.17) is 11.6 Å². The second-order valence-electron chi connectivity index (χ2n) is 5.98. The number of hydrogen-bond acceptors (Lipinski definition) is 2. The van der Waals surface area contributed by atoms with E-state index in [0.717, 1.165) is 30.7 Å². The molecule has 2 nitrogen and oxygen atoms in total. The van der Waals surface area contributed by atoms with Gasteiger partial charge in [0.15, 0.2) is 0 Å². The first-order valence-corrected chi connectivity index (χ1v) is 8.28. The Kier molecular flexibility index (Phi) is 5.74. The van der Waals surface area contributed by atoms with Gasteiger partial charge in [0, 0.05) is 36.4 Å². The SMILES string of the molecule is CCC(C)CN(CC)c1ccc(CNC2CC2)c(Cl)c1. The van der Waals surface area contributed by atoms with E-state index < -0.39 is 0 Å². The Morgan fingerprint density at radius 2 is 2.10 bits per heavy atom. The first-order valence-electron chi connectivity index (χ1n) is 7.90. The summed E-state index contributed by atoms with van der Waals surface area (Å²) in [6, 6.07) is 7.23. The van der Waals surface area contributed by atoms with E-state index >= 15 is 0 Å². The topological polar surface area (TPSA) is 15.3 Å². The number of rotatable bonds is 8. The molecule has 1 N–H and O–H groups in total. The average Bonchev–Trinajstić information content (AvgIpc) is 3.27. The molecule has 1 aromatic rings. The molecule has 20 heavy (non-hydrogen) atoms. The second-order valence-corrected chi connectivity index (χ2v) is 6.39. The molecule has 0 aliphatic heterocycles. The van der Waals surface area contributed by atoms with Crippen molar-refractivity contribution in [2.75, 3.05) is 18.0 Å². The minimum absolute atomic E-state index is 0.713. The minimum Gasteiger partial charge on any atom is -0.372 e. The molecule has 1 aromatic carbocycles. The molecule has 0 amide bonds. The zero-order valence-electron chi connectivity index (χ0n) is 13.0. The normalized spacial score (nSPS) is 16.2. The van der Waals surface area contributed by atoms with Crippen LogP contribution in [0.25, 0.3) is 0 Å². The van der Waals surface area contributed by atoms with Crippen LogP contribution in [0.3, 0.4) is 0 Å². The van der Waals surface area contributed by atoms with Crippen LogP contribution in [0.4, 0.5) is 5.69 Å². The van der Waals surface area contributed by atoms with Crippen LogP contribution >= 0.6 is 11.6 Å². The molecule has 0 radical (unpaired) electrons. The van der Waals surface area contributed by atoms with Crippen LogP contribution in [0, 0.1) is 5.92 Å². The summed E-state index contributed by atoms with van der Waals surface area (Å²) in [5.41, 5.74) is 2.45. The molecule has 1 unspecified atom stereocenters. The van der Waals surface area contributed by atoms with E-state index in [1.807, 2.05) is 0 Å².